The lowest BCUT2D eigenvalue weighted by atomic mass is 10.1. The van der Waals surface area contributed by atoms with Crippen LogP contribution in [0.15, 0.2) is 29.1 Å². The summed E-state index contributed by atoms with van der Waals surface area (Å²) in [5.41, 5.74) is 3.00. The number of ether oxygens (including phenoxy) is 2. The molecule has 0 bridgehead atoms. The molecule has 9 heteroatoms. The largest absolute Gasteiger partial charge is 0.462 e. The van der Waals surface area contributed by atoms with Crippen LogP contribution in [-0.2, 0) is 27.2 Å². The van der Waals surface area contributed by atoms with Gasteiger partial charge in [-0.25, -0.2) is 9.78 Å². The fourth-order valence-electron chi connectivity index (χ4n) is 4.00. The van der Waals surface area contributed by atoms with Crippen molar-refractivity contribution in [1.82, 2.24) is 14.5 Å². The number of hydrogen-bond donors (Lipinski definition) is 1. The SMILES string of the molecule is CCCCn1c(=O)c(CCC(=O)OCC(=O)c2[nH]c(C)c(C(=O)OCC)c2C)nc2ccccc21. The van der Waals surface area contributed by atoms with Crippen LogP contribution in [0.1, 0.15) is 70.9 Å². The molecule has 3 rings (SSSR count). The number of H-pyrrole nitrogens is 1. The number of Topliss-reactive ketones (excluding diaryl/α,β-unsaturated/α-hetero) is 1. The first kappa shape index (κ1) is 25.9. The summed E-state index contributed by atoms with van der Waals surface area (Å²) in [6.45, 7) is 7.39. The predicted molar refractivity (Wildman–Crippen MR) is 131 cm³/mol. The minimum absolute atomic E-state index is 0.0849. The van der Waals surface area contributed by atoms with Crippen LogP contribution in [0, 0.1) is 13.8 Å². The van der Waals surface area contributed by atoms with Gasteiger partial charge in [0, 0.05) is 18.7 Å². The number of carbonyl (C=O) groups excluding carboxylic acids is 3. The third-order valence-corrected chi connectivity index (χ3v) is 5.78. The van der Waals surface area contributed by atoms with Gasteiger partial charge in [0.1, 0.15) is 5.69 Å². The normalized spacial score (nSPS) is 11.0. The van der Waals surface area contributed by atoms with Gasteiger partial charge in [0.2, 0.25) is 5.78 Å². The Hall–Kier alpha value is -3.75. The number of aromatic amines is 1. The molecule has 0 unspecified atom stereocenters. The van der Waals surface area contributed by atoms with E-state index in [1.54, 1.807) is 25.3 Å². The number of para-hydroxylation sites is 2. The van der Waals surface area contributed by atoms with Crippen LogP contribution in [0.2, 0.25) is 0 Å². The highest BCUT2D eigenvalue weighted by atomic mass is 16.5. The minimum atomic E-state index is -0.612. The number of nitrogens with zero attached hydrogens (tertiary/aromatic N) is 2. The van der Waals surface area contributed by atoms with E-state index >= 15 is 0 Å². The van der Waals surface area contributed by atoms with Crippen molar-refractivity contribution in [3.8, 4) is 0 Å². The Balaban J connectivity index is 1.66. The lowest BCUT2D eigenvalue weighted by Crippen LogP contribution is -2.26. The monoisotopic (exact) mass is 481 g/mol. The summed E-state index contributed by atoms with van der Waals surface area (Å²) in [5, 5.41) is 0. The van der Waals surface area contributed by atoms with E-state index < -0.39 is 24.3 Å². The Morgan fingerprint density at radius 1 is 1.09 bits per heavy atom. The molecule has 2 aromatic heterocycles. The number of benzene rings is 1. The maximum absolute atomic E-state index is 13.0. The summed E-state index contributed by atoms with van der Waals surface area (Å²) in [4.78, 5) is 57.4. The molecule has 186 valence electrons. The molecule has 1 N–H and O–H groups in total. The summed E-state index contributed by atoms with van der Waals surface area (Å²) in [7, 11) is 0. The highest BCUT2D eigenvalue weighted by molar-refractivity contribution is 6.02. The molecule has 9 nitrogen and oxygen atoms in total. The van der Waals surface area contributed by atoms with E-state index in [0.717, 1.165) is 18.4 Å². The van der Waals surface area contributed by atoms with Crippen LogP contribution in [0.4, 0.5) is 0 Å². The number of nitrogens with one attached hydrogen (secondary N) is 1. The molecule has 35 heavy (non-hydrogen) atoms. The van der Waals surface area contributed by atoms with Crippen molar-refractivity contribution in [2.24, 2.45) is 0 Å². The molecule has 2 heterocycles. The molecule has 0 atom stereocenters. The van der Waals surface area contributed by atoms with Crippen molar-refractivity contribution in [3.63, 3.8) is 0 Å². The third-order valence-electron chi connectivity index (χ3n) is 5.78. The van der Waals surface area contributed by atoms with Crippen molar-refractivity contribution in [2.45, 2.75) is 59.9 Å². The number of aryl methyl sites for hydroxylation is 3. The molecular formula is C26H31N3O6. The van der Waals surface area contributed by atoms with E-state index in [-0.39, 0.29) is 36.4 Å². The Morgan fingerprint density at radius 3 is 2.54 bits per heavy atom. The number of ketones is 1. The van der Waals surface area contributed by atoms with Gasteiger partial charge in [-0.2, -0.15) is 0 Å². The number of unbranched alkanes of at least 4 members (excludes halogenated alkanes) is 1. The van der Waals surface area contributed by atoms with Gasteiger partial charge in [-0.1, -0.05) is 25.5 Å². The number of hydrogen-bond acceptors (Lipinski definition) is 7. The highest BCUT2D eigenvalue weighted by Gasteiger charge is 2.23. The van der Waals surface area contributed by atoms with Gasteiger partial charge in [0.25, 0.3) is 5.56 Å². The highest BCUT2D eigenvalue weighted by Crippen LogP contribution is 2.20. The van der Waals surface area contributed by atoms with Crippen molar-refractivity contribution in [3.05, 3.63) is 62.8 Å². The van der Waals surface area contributed by atoms with Crippen molar-refractivity contribution >= 4 is 28.8 Å². The van der Waals surface area contributed by atoms with Crippen LogP contribution < -0.4 is 5.56 Å². The van der Waals surface area contributed by atoms with E-state index in [4.69, 9.17) is 9.47 Å². The minimum Gasteiger partial charge on any atom is -0.462 e. The van der Waals surface area contributed by atoms with E-state index in [0.29, 0.717) is 28.9 Å². The molecule has 0 aliphatic rings. The van der Waals surface area contributed by atoms with Gasteiger partial charge in [-0.05, 0) is 44.9 Å². The van der Waals surface area contributed by atoms with Crippen LogP contribution in [0.25, 0.3) is 11.0 Å². The summed E-state index contributed by atoms with van der Waals surface area (Å²) >= 11 is 0. The lowest BCUT2D eigenvalue weighted by molar-refractivity contribution is -0.142. The zero-order valence-corrected chi connectivity index (χ0v) is 20.6. The summed E-state index contributed by atoms with van der Waals surface area (Å²) in [5.74, 6) is -1.58. The van der Waals surface area contributed by atoms with E-state index in [9.17, 15) is 19.2 Å². The molecule has 0 aliphatic carbocycles. The van der Waals surface area contributed by atoms with Gasteiger partial charge in [0.05, 0.1) is 35.3 Å². The molecule has 3 aromatic rings. The van der Waals surface area contributed by atoms with E-state index in [1.807, 2.05) is 24.3 Å². The first-order valence-electron chi connectivity index (χ1n) is 11.8. The molecule has 0 radical (unpaired) electrons. The van der Waals surface area contributed by atoms with Crippen molar-refractivity contribution in [2.75, 3.05) is 13.2 Å². The Labute approximate surface area is 203 Å². The Bertz CT molecular complexity index is 1300. The molecule has 0 saturated heterocycles. The topological polar surface area (TPSA) is 120 Å². The molecule has 0 aliphatic heterocycles. The zero-order valence-electron chi connectivity index (χ0n) is 20.6. The van der Waals surface area contributed by atoms with Gasteiger partial charge >= 0.3 is 11.9 Å². The Morgan fingerprint density at radius 2 is 1.83 bits per heavy atom. The molecule has 1 aromatic carbocycles. The van der Waals surface area contributed by atoms with Crippen LogP contribution in [0.3, 0.4) is 0 Å². The van der Waals surface area contributed by atoms with Gasteiger partial charge in [-0.3, -0.25) is 14.4 Å². The zero-order chi connectivity index (χ0) is 25.5. The van der Waals surface area contributed by atoms with Gasteiger partial charge < -0.3 is 19.0 Å². The van der Waals surface area contributed by atoms with Crippen LogP contribution in [0.5, 0.6) is 0 Å². The summed E-state index contributed by atoms with van der Waals surface area (Å²) < 4.78 is 11.9. The molecule has 0 spiro atoms. The second-order valence-electron chi connectivity index (χ2n) is 8.29. The third kappa shape index (κ3) is 5.85. The molecular weight excluding hydrogens is 450 g/mol. The predicted octanol–water partition coefficient (Wildman–Crippen LogP) is 3.68. The first-order chi connectivity index (χ1) is 16.8. The average Bonchev–Trinajstić information content (AvgIpc) is 3.14. The molecule has 0 saturated carbocycles. The maximum Gasteiger partial charge on any atom is 0.340 e. The van der Waals surface area contributed by atoms with E-state index in [1.165, 1.54) is 0 Å². The maximum atomic E-state index is 13.0. The van der Waals surface area contributed by atoms with Gasteiger partial charge in [0.15, 0.2) is 6.61 Å². The molecule has 0 fully saturated rings. The second-order valence-corrected chi connectivity index (χ2v) is 8.29. The average molecular weight is 482 g/mol. The van der Waals surface area contributed by atoms with Crippen molar-refractivity contribution in [1.29, 1.82) is 0 Å². The molecule has 0 amide bonds. The van der Waals surface area contributed by atoms with E-state index in [2.05, 4.69) is 16.9 Å². The fraction of sp³-hybridized carbons (Fsp3) is 0.423. The smallest absolute Gasteiger partial charge is 0.340 e. The summed E-state index contributed by atoms with van der Waals surface area (Å²) in [6.07, 6.45) is 1.82. The number of fused-ring (bicyclic) bond motifs is 1. The number of rotatable bonds is 11. The van der Waals surface area contributed by atoms with Gasteiger partial charge in [-0.15, -0.1) is 0 Å². The number of carbonyl (C=O) groups is 3. The Kier molecular flexibility index (Phi) is 8.57. The quantitative estimate of drug-likeness (QED) is 0.328. The lowest BCUT2D eigenvalue weighted by Gasteiger charge is -2.12. The van der Waals surface area contributed by atoms with Crippen LogP contribution in [-0.4, -0.2) is 45.5 Å². The van der Waals surface area contributed by atoms with Crippen molar-refractivity contribution < 1.29 is 23.9 Å². The first-order valence-corrected chi connectivity index (χ1v) is 11.8. The second kappa shape index (κ2) is 11.6. The summed E-state index contributed by atoms with van der Waals surface area (Å²) in [6, 6.07) is 7.41. The number of aromatic nitrogens is 3. The standard InChI is InChI=1S/C26H31N3O6/c1-5-7-14-29-20-11-9-8-10-18(20)28-19(25(29)32)12-13-22(31)35-15-21(30)24-16(3)23(17(4)27-24)26(33)34-6-2/h8-11,27H,5-7,12-15H2,1-4H3. The number of esters is 2. The fourth-order valence-corrected chi connectivity index (χ4v) is 4.00. The van der Waals surface area contributed by atoms with Crippen LogP contribution >= 0.6 is 0 Å².